The van der Waals surface area contributed by atoms with E-state index in [9.17, 15) is 4.79 Å². The van der Waals surface area contributed by atoms with Gasteiger partial charge in [-0.2, -0.15) is 0 Å². The number of carbonyl (C=O) groups is 1. The molecule has 0 aromatic heterocycles. The second-order valence-corrected chi connectivity index (χ2v) is 3.04. The molecule has 1 N–H and O–H groups in total. The minimum Gasteiger partial charge on any atom is -0.496 e. The summed E-state index contributed by atoms with van der Waals surface area (Å²) in [6.45, 7) is -0.0547. The predicted molar refractivity (Wildman–Crippen MR) is 61.1 cm³/mol. The summed E-state index contributed by atoms with van der Waals surface area (Å²) in [4.78, 5) is 10.8. The first-order valence-electron chi connectivity index (χ1n) is 4.75. The van der Waals surface area contributed by atoms with Gasteiger partial charge in [0.05, 0.1) is 26.4 Å². The van der Waals surface area contributed by atoms with Gasteiger partial charge in [0, 0.05) is 5.56 Å². The molecule has 0 atom stereocenters. The maximum Gasteiger partial charge on any atom is 0.153 e. The first-order valence-corrected chi connectivity index (χ1v) is 4.75. The van der Waals surface area contributed by atoms with Gasteiger partial charge in [0.2, 0.25) is 0 Å². The molecule has 1 aromatic carbocycles. The molecular formula is C12H14O4. The van der Waals surface area contributed by atoms with Crippen molar-refractivity contribution >= 4 is 12.4 Å². The number of ether oxygens (including phenoxy) is 2. The van der Waals surface area contributed by atoms with Crippen LogP contribution in [0.3, 0.4) is 0 Å². The van der Waals surface area contributed by atoms with E-state index >= 15 is 0 Å². The van der Waals surface area contributed by atoms with Crippen LogP contribution in [0.5, 0.6) is 11.5 Å². The van der Waals surface area contributed by atoms with Crippen molar-refractivity contribution in [2.24, 2.45) is 0 Å². The highest BCUT2D eigenvalue weighted by atomic mass is 16.5. The molecular weight excluding hydrogens is 208 g/mol. The molecule has 0 radical (unpaired) electrons. The highest BCUT2D eigenvalue weighted by Gasteiger charge is 2.08. The Balaban J connectivity index is 3.25. The molecule has 0 heterocycles. The average Bonchev–Trinajstić information content (AvgIpc) is 2.35. The Morgan fingerprint density at radius 2 is 1.75 bits per heavy atom. The van der Waals surface area contributed by atoms with Crippen molar-refractivity contribution in [3.8, 4) is 11.5 Å². The molecule has 0 bridgehead atoms. The summed E-state index contributed by atoms with van der Waals surface area (Å²) in [6.07, 6.45) is 3.99. The lowest BCUT2D eigenvalue weighted by Crippen LogP contribution is -1.95. The molecule has 1 rings (SSSR count). The maximum absolute atomic E-state index is 10.8. The molecule has 86 valence electrons. The number of aldehydes is 1. The van der Waals surface area contributed by atoms with E-state index in [4.69, 9.17) is 14.6 Å². The molecule has 0 fully saturated rings. The van der Waals surface area contributed by atoms with Gasteiger partial charge in [-0.3, -0.25) is 4.79 Å². The van der Waals surface area contributed by atoms with Gasteiger partial charge >= 0.3 is 0 Å². The highest BCUT2D eigenvalue weighted by Crippen LogP contribution is 2.28. The summed E-state index contributed by atoms with van der Waals surface area (Å²) in [7, 11) is 3.01. The van der Waals surface area contributed by atoms with Crippen molar-refractivity contribution in [2.45, 2.75) is 0 Å². The molecule has 0 aliphatic carbocycles. The van der Waals surface area contributed by atoms with Crippen molar-refractivity contribution in [1.29, 1.82) is 0 Å². The van der Waals surface area contributed by atoms with Gasteiger partial charge in [-0.15, -0.1) is 0 Å². The van der Waals surface area contributed by atoms with Crippen LogP contribution in [-0.4, -0.2) is 32.2 Å². The van der Waals surface area contributed by atoms with Gasteiger partial charge in [0.25, 0.3) is 0 Å². The Kier molecular flexibility index (Phi) is 4.54. The number of methoxy groups -OCH3 is 2. The highest BCUT2D eigenvalue weighted by molar-refractivity contribution is 5.82. The van der Waals surface area contributed by atoms with Crippen LogP contribution in [0.1, 0.15) is 15.9 Å². The van der Waals surface area contributed by atoms with Crippen molar-refractivity contribution in [1.82, 2.24) is 0 Å². The Bertz CT molecular complexity index is 396. The molecule has 0 aliphatic rings. The summed E-state index contributed by atoms with van der Waals surface area (Å²) < 4.78 is 10.2. The monoisotopic (exact) mass is 222 g/mol. The molecule has 0 unspecified atom stereocenters. The maximum atomic E-state index is 10.8. The number of hydrogen-bond donors (Lipinski definition) is 1. The van der Waals surface area contributed by atoms with E-state index in [2.05, 4.69) is 0 Å². The lowest BCUT2D eigenvalue weighted by atomic mass is 10.1. The van der Waals surface area contributed by atoms with E-state index < -0.39 is 0 Å². The molecule has 4 nitrogen and oxygen atoms in total. The quantitative estimate of drug-likeness (QED) is 0.767. The second kappa shape index (κ2) is 5.92. The third-order valence-electron chi connectivity index (χ3n) is 2.11. The van der Waals surface area contributed by atoms with E-state index in [0.717, 1.165) is 5.56 Å². The number of aliphatic hydroxyl groups is 1. The van der Waals surface area contributed by atoms with Crippen LogP contribution in [0.2, 0.25) is 0 Å². The Morgan fingerprint density at radius 3 is 2.25 bits per heavy atom. The fourth-order valence-electron chi connectivity index (χ4n) is 1.35. The standard InChI is InChI=1S/C12H14O4/c1-15-11-7-10(8-14)12(16-2)6-9(11)4-3-5-13/h3-4,6-8,13H,5H2,1-2H3. The van der Waals surface area contributed by atoms with Crippen LogP contribution in [0.15, 0.2) is 18.2 Å². The van der Waals surface area contributed by atoms with Gasteiger partial charge in [-0.1, -0.05) is 12.2 Å². The van der Waals surface area contributed by atoms with Gasteiger partial charge in [-0.25, -0.2) is 0 Å². The van der Waals surface area contributed by atoms with Gasteiger partial charge in [-0.05, 0) is 12.1 Å². The summed E-state index contributed by atoms with van der Waals surface area (Å²) in [6, 6.07) is 3.29. The third kappa shape index (κ3) is 2.61. The molecule has 16 heavy (non-hydrogen) atoms. The molecule has 4 heteroatoms. The minimum absolute atomic E-state index is 0.0547. The van der Waals surface area contributed by atoms with E-state index in [1.165, 1.54) is 14.2 Å². The fourth-order valence-corrected chi connectivity index (χ4v) is 1.35. The number of benzene rings is 1. The molecule has 0 amide bonds. The zero-order chi connectivity index (χ0) is 12.0. The van der Waals surface area contributed by atoms with E-state index in [-0.39, 0.29) is 6.61 Å². The number of aliphatic hydroxyl groups excluding tert-OH is 1. The smallest absolute Gasteiger partial charge is 0.153 e. The van der Waals surface area contributed by atoms with Gasteiger partial charge in [0.1, 0.15) is 11.5 Å². The molecule has 0 spiro atoms. The largest absolute Gasteiger partial charge is 0.496 e. The number of rotatable bonds is 5. The van der Waals surface area contributed by atoms with Crippen molar-refractivity contribution < 1.29 is 19.4 Å². The summed E-state index contributed by atoms with van der Waals surface area (Å²) in [5.41, 5.74) is 1.18. The predicted octanol–water partition coefficient (Wildman–Crippen LogP) is 1.52. The first-order chi connectivity index (χ1) is 7.76. The first kappa shape index (κ1) is 12.3. The molecule has 0 aliphatic heterocycles. The normalized spacial score (nSPS) is 10.4. The molecule has 0 saturated carbocycles. The Hall–Kier alpha value is -1.81. The van der Waals surface area contributed by atoms with E-state index in [1.807, 2.05) is 0 Å². The topological polar surface area (TPSA) is 55.8 Å². The Morgan fingerprint density at radius 1 is 1.19 bits per heavy atom. The van der Waals surface area contributed by atoms with Crippen molar-refractivity contribution in [3.63, 3.8) is 0 Å². The van der Waals surface area contributed by atoms with E-state index in [0.29, 0.717) is 23.3 Å². The van der Waals surface area contributed by atoms with Crippen molar-refractivity contribution in [3.05, 3.63) is 29.3 Å². The van der Waals surface area contributed by atoms with E-state index in [1.54, 1.807) is 24.3 Å². The van der Waals surface area contributed by atoms with Crippen LogP contribution < -0.4 is 9.47 Å². The number of hydrogen-bond acceptors (Lipinski definition) is 4. The number of carbonyl (C=O) groups excluding carboxylic acids is 1. The van der Waals surface area contributed by atoms with Gasteiger partial charge < -0.3 is 14.6 Å². The zero-order valence-electron chi connectivity index (χ0n) is 9.27. The lowest BCUT2D eigenvalue weighted by molar-refractivity contribution is 0.112. The Labute approximate surface area is 94.1 Å². The lowest BCUT2D eigenvalue weighted by Gasteiger charge is -2.09. The third-order valence-corrected chi connectivity index (χ3v) is 2.11. The van der Waals surface area contributed by atoms with Crippen LogP contribution in [0.4, 0.5) is 0 Å². The van der Waals surface area contributed by atoms with Crippen LogP contribution >= 0.6 is 0 Å². The molecule has 0 saturated heterocycles. The average molecular weight is 222 g/mol. The molecule has 1 aromatic rings. The SMILES string of the molecule is COc1cc(C=CCO)c(OC)cc1C=O. The second-order valence-electron chi connectivity index (χ2n) is 3.04. The van der Waals surface area contributed by atoms with Gasteiger partial charge in [0.15, 0.2) is 6.29 Å². The van der Waals surface area contributed by atoms with Crippen molar-refractivity contribution in [2.75, 3.05) is 20.8 Å². The van der Waals surface area contributed by atoms with Crippen LogP contribution in [0.25, 0.3) is 6.08 Å². The van der Waals surface area contributed by atoms with Crippen LogP contribution in [-0.2, 0) is 0 Å². The zero-order valence-corrected chi connectivity index (χ0v) is 9.27. The van der Waals surface area contributed by atoms with Crippen LogP contribution in [0, 0.1) is 0 Å². The summed E-state index contributed by atoms with van der Waals surface area (Å²) in [5.74, 6) is 1.04. The summed E-state index contributed by atoms with van der Waals surface area (Å²) in [5, 5.41) is 8.70. The fraction of sp³-hybridized carbons (Fsp3) is 0.250. The minimum atomic E-state index is -0.0547. The summed E-state index contributed by atoms with van der Waals surface area (Å²) >= 11 is 0.